The maximum atomic E-state index is 11.9. The molecule has 0 bridgehead atoms. The van der Waals surface area contributed by atoms with Crippen LogP contribution in [0.15, 0.2) is 24.4 Å². The average molecular weight is 261 g/mol. The average Bonchev–Trinajstić information content (AvgIpc) is 2.80. The highest BCUT2D eigenvalue weighted by Gasteiger charge is 2.15. The molecule has 0 aliphatic rings. The molecule has 0 fully saturated rings. The fourth-order valence-corrected chi connectivity index (χ4v) is 1.68. The number of rotatable bonds is 4. The maximum Gasteiger partial charge on any atom is 0.308 e. The molecule has 0 saturated carbocycles. The van der Waals surface area contributed by atoms with Gasteiger partial charge in [0.25, 0.3) is 5.91 Å². The van der Waals surface area contributed by atoms with E-state index >= 15 is 0 Å². The number of amides is 1. The summed E-state index contributed by atoms with van der Waals surface area (Å²) in [6.45, 7) is 3.54. The Morgan fingerprint density at radius 3 is 2.84 bits per heavy atom. The lowest BCUT2D eigenvalue weighted by atomic mass is 10.2. The molecule has 2 aromatic heterocycles. The van der Waals surface area contributed by atoms with Crippen LogP contribution in [0.5, 0.6) is 0 Å². The van der Waals surface area contributed by atoms with Gasteiger partial charge in [-0.25, -0.2) is 4.98 Å². The summed E-state index contributed by atoms with van der Waals surface area (Å²) in [6.07, 6.45) is 1.64. The SMILES string of the molecule is Cc1cccc2nc(C(=O)NCC(C)C(=O)O)cn12. The predicted octanol–water partition coefficient (Wildman–Crippen LogP) is 1.09. The second-order valence-electron chi connectivity index (χ2n) is 4.47. The van der Waals surface area contributed by atoms with Crippen LogP contribution >= 0.6 is 0 Å². The van der Waals surface area contributed by atoms with Crippen LogP contribution in [0.3, 0.4) is 0 Å². The van der Waals surface area contributed by atoms with Gasteiger partial charge in [0.05, 0.1) is 5.92 Å². The number of aliphatic carboxylic acids is 1. The van der Waals surface area contributed by atoms with Crippen molar-refractivity contribution in [3.05, 3.63) is 35.8 Å². The number of hydrogen-bond acceptors (Lipinski definition) is 3. The van der Waals surface area contributed by atoms with Crippen LogP contribution in [-0.2, 0) is 4.79 Å². The largest absolute Gasteiger partial charge is 0.481 e. The first-order valence-corrected chi connectivity index (χ1v) is 5.95. The van der Waals surface area contributed by atoms with Gasteiger partial charge >= 0.3 is 5.97 Å². The first-order chi connectivity index (χ1) is 8.99. The molecule has 2 heterocycles. The van der Waals surface area contributed by atoms with Crippen molar-refractivity contribution in [3.8, 4) is 0 Å². The highest BCUT2D eigenvalue weighted by Crippen LogP contribution is 2.08. The molecule has 0 spiro atoms. The van der Waals surface area contributed by atoms with Crippen LogP contribution in [0.4, 0.5) is 0 Å². The molecule has 19 heavy (non-hydrogen) atoms. The van der Waals surface area contributed by atoms with E-state index in [-0.39, 0.29) is 18.1 Å². The minimum Gasteiger partial charge on any atom is -0.481 e. The van der Waals surface area contributed by atoms with Gasteiger partial charge in [0.2, 0.25) is 0 Å². The Morgan fingerprint density at radius 1 is 1.47 bits per heavy atom. The number of carbonyl (C=O) groups is 2. The van der Waals surface area contributed by atoms with Gasteiger partial charge in [-0.1, -0.05) is 13.0 Å². The Morgan fingerprint density at radius 2 is 2.21 bits per heavy atom. The van der Waals surface area contributed by atoms with E-state index in [0.717, 1.165) is 5.69 Å². The summed E-state index contributed by atoms with van der Waals surface area (Å²) in [6, 6.07) is 5.60. The number of aryl methyl sites for hydroxylation is 1. The molecule has 2 aromatic rings. The molecule has 100 valence electrons. The summed E-state index contributed by atoms with van der Waals surface area (Å²) < 4.78 is 1.82. The molecule has 0 radical (unpaired) electrons. The Bertz CT molecular complexity index is 633. The topological polar surface area (TPSA) is 83.7 Å². The van der Waals surface area contributed by atoms with E-state index in [2.05, 4.69) is 10.3 Å². The first-order valence-electron chi connectivity index (χ1n) is 5.95. The molecular formula is C13H15N3O3. The number of carbonyl (C=O) groups excluding carboxylic acids is 1. The van der Waals surface area contributed by atoms with Gasteiger partial charge in [0.15, 0.2) is 0 Å². The first kappa shape index (κ1) is 13.1. The number of aromatic nitrogens is 2. The highest BCUT2D eigenvalue weighted by atomic mass is 16.4. The molecule has 0 aliphatic heterocycles. The minimum absolute atomic E-state index is 0.0843. The van der Waals surface area contributed by atoms with Crippen molar-refractivity contribution in [2.45, 2.75) is 13.8 Å². The van der Waals surface area contributed by atoms with Gasteiger partial charge in [-0.2, -0.15) is 0 Å². The molecule has 0 saturated heterocycles. The van der Waals surface area contributed by atoms with Crippen LogP contribution in [0.2, 0.25) is 0 Å². The van der Waals surface area contributed by atoms with Crippen LogP contribution in [0.1, 0.15) is 23.1 Å². The summed E-state index contributed by atoms with van der Waals surface area (Å²) in [5, 5.41) is 11.3. The van der Waals surface area contributed by atoms with Gasteiger partial charge in [-0.15, -0.1) is 0 Å². The number of carboxylic acid groups (broad SMARTS) is 1. The Labute approximate surface area is 110 Å². The van der Waals surface area contributed by atoms with Crippen molar-refractivity contribution in [2.75, 3.05) is 6.54 Å². The summed E-state index contributed by atoms with van der Waals surface area (Å²) in [4.78, 5) is 26.7. The molecule has 0 aliphatic carbocycles. The van der Waals surface area contributed by atoms with E-state index in [1.165, 1.54) is 6.92 Å². The molecule has 1 unspecified atom stereocenters. The van der Waals surface area contributed by atoms with E-state index in [0.29, 0.717) is 5.65 Å². The van der Waals surface area contributed by atoms with Gasteiger partial charge in [0.1, 0.15) is 11.3 Å². The molecule has 6 nitrogen and oxygen atoms in total. The smallest absolute Gasteiger partial charge is 0.308 e. The summed E-state index contributed by atoms with van der Waals surface area (Å²) in [5.41, 5.74) is 1.95. The lowest BCUT2D eigenvalue weighted by Gasteiger charge is -2.06. The normalized spacial score (nSPS) is 12.3. The van der Waals surface area contributed by atoms with Gasteiger partial charge in [-0.05, 0) is 19.1 Å². The molecular weight excluding hydrogens is 246 g/mol. The molecule has 1 amide bonds. The second-order valence-corrected chi connectivity index (χ2v) is 4.47. The van der Waals surface area contributed by atoms with E-state index < -0.39 is 11.9 Å². The fraction of sp³-hybridized carbons (Fsp3) is 0.308. The molecule has 2 N–H and O–H groups in total. The van der Waals surface area contributed by atoms with Gasteiger partial charge in [0, 0.05) is 18.4 Å². The molecule has 6 heteroatoms. The Kier molecular flexibility index (Phi) is 3.50. The van der Waals surface area contributed by atoms with Crippen LogP contribution in [0.25, 0.3) is 5.65 Å². The number of imidazole rings is 1. The number of fused-ring (bicyclic) bond motifs is 1. The lowest BCUT2D eigenvalue weighted by molar-refractivity contribution is -0.140. The Balaban J connectivity index is 2.14. The van der Waals surface area contributed by atoms with Gasteiger partial charge < -0.3 is 14.8 Å². The zero-order chi connectivity index (χ0) is 14.0. The maximum absolute atomic E-state index is 11.9. The number of hydrogen-bond donors (Lipinski definition) is 2. The molecule has 2 rings (SSSR count). The number of pyridine rings is 1. The minimum atomic E-state index is -0.939. The van der Waals surface area contributed by atoms with Crippen molar-refractivity contribution < 1.29 is 14.7 Å². The van der Waals surface area contributed by atoms with Crippen molar-refractivity contribution in [3.63, 3.8) is 0 Å². The quantitative estimate of drug-likeness (QED) is 0.863. The Hall–Kier alpha value is -2.37. The molecule has 1 atom stereocenters. The van der Waals surface area contributed by atoms with E-state index in [1.807, 2.05) is 29.5 Å². The zero-order valence-corrected chi connectivity index (χ0v) is 10.8. The van der Waals surface area contributed by atoms with Crippen molar-refractivity contribution >= 4 is 17.5 Å². The van der Waals surface area contributed by atoms with Crippen molar-refractivity contribution in [2.24, 2.45) is 5.92 Å². The van der Waals surface area contributed by atoms with E-state index in [1.54, 1.807) is 6.20 Å². The summed E-state index contributed by atoms with van der Waals surface area (Å²) in [5.74, 6) is -1.93. The summed E-state index contributed by atoms with van der Waals surface area (Å²) >= 11 is 0. The summed E-state index contributed by atoms with van der Waals surface area (Å²) in [7, 11) is 0. The highest BCUT2D eigenvalue weighted by molar-refractivity contribution is 5.93. The monoisotopic (exact) mass is 261 g/mol. The van der Waals surface area contributed by atoms with Crippen LogP contribution in [-0.4, -0.2) is 32.9 Å². The second kappa shape index (κ2) is 5.09. The lowest BCUT2D eigenvalue weighted by Crippen LogP contribution is -2.31. The molecule has 0 aromatic carbocycles. The fourth-order valence-electron chi connectivity index (χ4n) is 1.68. The van der Waals surface area contributed by atoms with Gasteiger partial charge in [-0.3, -0.25) is 9.59 Å². The number of carboxylic acids is 1. The van der Waals surface area contributed by atoms with Crippen LogP contribution in [0, 0.1) is 12.8 Å². The van der Waals surface area contributed by atoms with Crippen molar-refractivity contribution in [1.82, 2.24) is 14.7 Å². The van der Waals surface area contributed by atoms with E-state index in [4.69, 9.17) is 5.11 Å². The third-order valence-electron chi connectivity index (χ3n) is 2.92. The standard InChI is InChI=1S/C13H15N3O3/c1-8(13(18)19)6-14-12(17)10-7-16-9(2)4-3-5-11(16)15-10/h3-5,7-8H,6H2,1-2H3,(H,14,17)(H,18,19). The predicted molar refractivity (Wildman–Crippen MR) is 69.1 cm³/mol. The van der Waals surface area contributed by atoms with Crippen LogP contribution < -0.4 is 5.32 Å². The zero-order valence-electron chi connectivity index (χ0n) is 10.8. The third-order valence-corrected chi connectivity index (χ3v) is 2.92. The van der Waals surface area contributed by atoms with E-state index in [9.17, 15) is 9.59 Å². The number of nitrogens with zero attached hydrogens (tertiary/aromatic N) is 2. The third kappa shape index (κ3) is 2.73. The number of nitrogens with one attached hydrogen (secondary N) is 1. The van der Waals surface area contributed by atoms with Crippen molar-refractivity contribution in [1.29, 1.82) is 0 Å².